The summed E-state index contributed by atoms with van der Waals surface area (Å²) >= 11 is 0. The first-order chi connectivity index (χ1) is 7.40. The highest BCUT2D eigenvalue weighted by molar-refractivity contribution is 5.80. The second-order valence-corrected chi connectivity index (χ2v) is 3.32. The van der Waals surface area contributed by atoms with E-state index in [1.165, 1.54) is 6.92 Å². The maximum absolute atomic E-state index is 12.5. The molecule has 1 rings (SSSR count). The van der Waals surface area contributed by atoms with Crippen molar-refractivity contribution in [3.05, 3.63) is 34.4 Å². The number of benzene rings is 1. The second kappa shape index (κ2) is 4.35. The van der Waals surface area contributed by atoms with Crippen LogP contribution < -0.4 is 0 Å². The van der Waals surface area contributed by atoms with Gasteiger partial charge >= 0.3 is 6.18 Å². The fraction of sp³-hybridized carbons (Fsp3) is 0.273. The molecule has 0 amide bonds. The highest BCUT2D eigenvalue weighted by Crippen LogP contribution is 2.31. The average molecular weight is 227 g/mol. The number of rotatable bonds is 2. The number of carbonyl (C=O) groups excluding carboxylic acids is 1. The number of halogens is 3. The van der Waals surface area contributed by atoms with Gasteiger partial charge in [-0.3, -0.25) is 4.79 Å². The van der Waals surface area contributed by atoms with E-state index in [1.807, 2.05) is 0 Å². The summed E-state index contributed by atoms with van der Waals surface area (Å²) in [6.45, 7) is 1.42. The van der Waals surface area contributed by atoms with E-state index in [1.54, 1.807) is 6.07 Å². The molecule has 0 aliphatic carbocycles. The van der Waals surface area contributed by atoms with E-state index in [4.69, 9.17) is 5.26 Å². The number of aryl methyl sites for hydroxylation is 1. The van der Waals surface area contributed by atoms with Gasteiger partial charge in [0, 0.05) is 5.56 Å². The zero-order valence-corrected chi connectivity index (χ0v) is 8.43. The minimum absolute atomic E-state index is 0.116. The summed E-state index contributed by atoms with van der Waals surface area (Å²) < 4.78 is 37.4. The summed E-state index contributed by atoms with van der Waals surface area (Å²) in [5, 5.41) is 8.48. The molecule has 0 saturated carbocycles. The maximum atomic E-state index is 12.5. The Morgan fingerprint density at radius 2 is 2.06 bits per heavy atom. The van der Waals surface area contributed by atoms with Gasteiger partial charge in [0.2, 0.25) is 0 Å². The fourth-order valence-corrected chi connectivity index (χ4v) is 1.44. The van der Waals surface area contributed by atoms with Crippen LogP contribution in [0.2, 0.25) is 0 Å². The molecular weight excluding hydrogens is 219 g/mol. The van der Waals surface area contributed by atoms with Gasteiger partial charge in [-0.2, -0.15) is 18.4 Å². The number of hydrogen-bond donors (Lipinski definition) is 0. The maximum Gasteiger partial charge on any atom is 0.416 e. The Balaban J connectivity index is 3.40. The van der Waals surface area contributed by atoms with Crippen LogP contribution in [0.25, 0.3) is 0 Å². The number of nitrogens with zero attached hydrogens (tertiary/aromatic N) is 1. The van der Waals surface area contributed by atoms with Gasteiger partial charge in [0.05, 0.1) is 18.1 Å². The lowest BCUT2D eigenvalue weighted by molar-refractivity contribution is -0.137. The first kappa shape index (κ1) is 12.2. The highest BCUT2D eigenvalue weighted by Gasteiger charge is 2.31. The fourth-order valence-electron chi connectivity index (χ4n) is 1.44. The molecule has 1 aromatic rings. The van der Waals surface area contributed by atoms with Crippen molar-refractivity contribution in [2.75, 3.05) is 0 Å². The Morgan fingerprint density at radius 1 is 1.44 bits per heavy atom. The lowest BCUT2D eigenvalue weighted by Gasteiger charge is -2.11. The third kappa shape index (κ3) is 2.40. The lowest BCUT2D eigenvalue weighted by atomic mass is 9.97. The van der Waals surface area contributed by atoms with Gasteiger partial charge in [-0.15, -0.1) is 0 Å². The van der Waals surface area contributed by atoms with Crippen LogP contribution in [0.1, 0.15) is 27.0 Å². The molecule has 5 heteroatoms. The molecule has 1 aromatic carbocycles. The van der Waals surface area contributed by atoms with E-state index in [0.717, 1.165) is 12.1 Å². The summed E-state index contributed by atoms with van der Waals surface area (Å²) in [4.78, 5) is 10.7. The van der Waals surface area contributed by atoms with E-state index >= 15 is 0 Å². The van der Waals surface area contributed by atoms with E-state index < -0.39 is 11.7 Å². The number of nitriles is 1. The standard InChI is InChI=1S/C11H8F3NO/c1-7-4-9(11(12,13)14)5-8(2-3-15)10(7)6-16/h4-6H,2H2,1H3. The van der Waals surface area contributed by atoms with Crippen LogP contribution in [-0.2, 0) is 12.6 Å². The zero-order chi connectivity index (χ0) is 12.3. The molecule has 84 valence electrons. The Hall–Kier alpha value is -1.83. The molecule has 0 aliphatic rings. The molecule has 16 heavy (non-hydrogen) atoms. The van der Waals surface area contributed by atoms with Crippen LogP contribution in [-0.4, -0.2) is 6.29 Å². The summed E-state index contributed by atoms with van der Waals surface area (Å²) in [7, 11) is 0. The Morgan fingerprint density at radius 3 is 2.50 bits per heavy atom. The van der Waals surface area contributed by atoms with Crippen molar-refractivity contribution < 1.29 is 18.0 Å². The summed E-state index contributed by atoms with van der Waals surface area (Å²) in [5.41, 5.74) is -0.324. The van der Waals surface area contributed by atoms with Gasteiger partial charge < -0.3 is 0 Å². The SMILES string of the molecule is Cc1cc(C(F)(F)F)cc(CC#N)c1C=O. The van der Waals surface area contributed by atoms with Crippen LogP contribution in [0.15, 0.2) is 12.1 Å². The first-order valence-corrected chi connectivity index (χ1v) is 4.43. The van der Waals surface area contributed by atoms with Gasteiger partial charge in [-0.1, -0.05) is 0 Å². The van der Waals surface area contributed by atoms with Crippen LogP contribution in [0.4, 0.5) is 13.2 Å². The minimum Gasteiger partial charge on any atom is -0.298 e. The molecule has 0 heterocycles. The molecular formula is C11H8F3NO. The summed E-state index contributed by atoms with van der Waals surface area (Å²) in [5.74, 6) is 0. The van der Waals surface area contributed by atoms with Crippen molar-refractivity contribution in [2.45, 2.75) is 19.5 Å². The van der Waals surface area contributed by atoms with Gasteiger partial charge in [0.1, 0.15) is 0 Å². The number of aldehydes is 1. The molecule has 0 bridgehead atoms. The monoisotopic (exact) mass is 227 g/mol. The van der Waals surface area contributed by atoms with E-state index in [2.05, 4.69) is 0 Å². The molecule has 0 atom stereocenters. The topological polar surface area (TPSA) is 40.9 Å². The molecule has 0 fully saturated rings. The van der Waals surface area contributed by atoms with Crippen molar-refractivity contribution in [2.24, 2.45) is 0 Å². The van der Waals surface area contributed by atoms with Gasteiger partial charge in [0.25, 0.3) is 0 Å². The van der Waals surface area contributed by atoms with E-state index in [0.29, 0.717) is 6.29 Å². The predicted octanol–water partition coefficient (Wildman–Crippen LogP) is 2.89. The Labute approximate surface area is 90.3 Å². The number of alkyl halides is 3. The summed E-state index contributed by atoms with van der Waals surface area (Å²) in [6.07, 6.45) is -4.20. The van der Waals surface area contributed by atoms with Crippen molar-refractivity contribution >= 4 is 6.29 Å². The second-order valence-electron chi connectivity index (χ2n) is 3.32. The van der Waals surface area contributed by atoms with Gasteiger partial charge in [-0.05, 0) is 30.2 Å². The van der Waals surface area contributed by atoms with Crippen molar-refractivity contribution in [3.8, 4) is 6.07 Å². The highest BCUT2D eigenvalue weighted by atomic mass is 19.4. The molecule has 2 nitrogen and oxygen atoms in total. The largest absolute Gasteiger partial charge is 0.416 e. The van der Waals surface area contributed by atoms with Crippen LogP contribution >= 0.6 is 0 Å². The summed E-state index contributed by atoms with van der Waals surface area (Å²) in [6, 6.07) is 3.49. The van der Waals surface area contributed by atoms with Crippen molar-refractivity contribution in [3.63, 3.8) is 0 Å². The van der Waals surface area contributed by atoms with Crippen LogP contribution in [0.3, 0.4) is 0 Å². The zero-order valence-electron chi connectivity index (χ0n) is 8.43. The first-order valence-electron chi connectivity index (χ1n) is 4.43. The van der Waals surface area contributed by atoms with Crippen LogP contribution in [0, 0.1) is 18.3 Å². The quantitative estimate of drug-likeness (QED) is 0.729. The Kier molecular flexibility index (Phi) is 3.33. The molecule has 0 saturated heterocycles. The van der Waals surface area contributed by atoms with Crippen LogP contribution in [0.5, 0.6) is 0 Å². The molecule has 0 N–H and O–H groups in total. The lowest BCUT2D eigenvalue weighted by Crippen LogP contribution is -2.08. The number of carbonyl (C=O) groups is 1. The van der Waals surface area contributed by atoms with E-state index in [9.17, 15) is 18.0 Å². The third-order valence-electron chi connectivity index (χ3n) is 2.19. The molecule has 0 spiro atoms. The average Bonchev–Trinajstić information content (AvgIpc) is 2.16. The molecule has 0 aliphatic heterocycles. The predicted molar refractivity (Wildman–Crippen MR) is 50.9 cm³/mol. The minimum atomic E-state index is -4.46. The molecule has 0 unspecified atom stereocenters. The Bertz CT molecular complexity index is 458. The van der Waals surface area contributed by atoms with Crippen molar-refractivity contribution in [1.29, 1.82) is 5.26 Å². The normalized spacial score (nSPS) is 10.9. The third-order valence-corrected chi connectivity index (χ3v) is 2.19. The molecule has 0 aromatic heterocycles. The van der Waals surface area contributed by atoms with Gasteiger partial charge in [-0.25, -0.2) is 0 Å². The smallest absolute Gasteiger partial charge is 0.298 e. The van der Waals surface area contributed by atoms with Gasteiger partial charge in [0.15, 0.2) is 6.29 Å². The van der Waals surface area contributed by atoms with Crippen molar-refractivity contribution in [1.82, 2.24) is 0 Å². The molecule has 0 radical (unpaired) electrons. The number of hydrogen-bond acceptors (Lipinski definition) is 2. The van der Waals surface area contributed by atoms with E-state index in [-0.39, 0.29) is 23.1 Å².